The molecule has 0 saturated carbocycles. The predicted octanol–water partition coefficient (Wildman–Crippen LogP) is 3.15. The van der Waals surface area contributed by atoms with E-state index in [1.807, 2.05) is 51.1 Å². The van der Waals surface area contributed by atoms with Crippen molar-refractivity contribution < 1.29 is 13.2 Å². The van der Waals surface area contributed by atoms with E-state index in [9.17, 15) is 8.42 Å². The Bertz CT molecular complexity index is 906. The third-order valence-electron chi connectivity index (χ3n) is 4.26. The van der Waals surface area contributed by atoms with Gasteiger partial charge >= 0.3 is 0 Å². The Hall–Kier alpha value is -2.34. The minimum atomic E-state index is -3.75. The summed E-state index contributed by atoms with van der Waals surface area (Å²) < 4.78 is 33.7. The fourth-order valence-electron chi connectivity index (χ4n) is 2.84. The minimum Gasteiger partial charge on any atom is -0.492 e. The number of nitrogens with zero attached hydrogens (tertiary/aromatic N) is 2. The Morgan fingerprint density at radius 2 is 1.80 bits per heavy atom. The number of hydrogen-bond acceptors (Lipinski definition) is 4. The number of hydrogen-bond donors (Lipinski definition) is 0. The predicted molar refractivity (Wildman–Crippen MR) is 98.8 cm³/mol. The van der Waals surface area contributed by atoms with E-state index in [0.717, 1.165) is 16.7 Å². The SMILES string of the molecule is CCOc1cc(C)c(C)cc1S(=O)(=O)N1CCN=C1c1ccccc1. The van der Waals surface area contributed by atoms with E-state index in [1.54, 1.807) is 12.1 Å². The van der Waals surface area contributed by atoms with Crippen molar-refractivity contribution in [3.05, 3.63) is 59.2 Å². The van der Waals surface area contributed by atoms with Crippen molar-refractivity contribution in [1.29, 1.82) is 0 Å². The first-order valence-corrected chi connectivity index (χ1v) is 9.76. The second kappa shape index (κ2) is 6.88. The molecule has 2 aromatic rings. The van der Waals surface area contributed by atoms with E-state index < -0.39 is 10.0 Å². The van der Waals surface area contributed by atoms with Crippen LogP contribution in [0.4, 0.5) is 0 Å². The molecule has 0 aromatic heterocycles. The van der Waals surface area contributed by atoms with Gasteiger partial charge in [-0.1, -0.05) is 30.3 Å². The Labute approximate surface area is 149 Å². The van der Waals surface area contributed by atoms with Gasteiger partial charge < -0.3 is 4.74 Å². The molecule has 0 unspecified atom stereocenters. The van der Waals surface area contributed by atoms with E-state index in [4.69, 9.17) is 4.74 Å². The second-order valence-electron chi connectivity index (χ2n) is 5.96. The van der Waals surface area contributed by atoms with Gasteiger partial charge in [-0.3, -0.25) is 4.99 Å². The lowest BCUT2D eigenvalue weighted by Gasteiger charge is -2.22. The van der Waals surface area contributed by atoms with Crippen LogP contribution in [-0.2, 0) is 10.0 Å². The molecular weight excluding hydrogens is 336 g/mol. The lowest BCUT2D eigenvalue weighted by Crippen LogP contribution is -2.35. The highest BCUT2D eigenvalue weighted by atomic mass is 32.2. The summed E-state index contributed by atoms with van der Waals surface area (Å²) in [5.74, 6) is 0.881. The summed E-state index contributed by atoms with van der Waals surface area (Å²) in [6, 6.07) is 12.9. The number of aliphatic imine (C=N–C) groups is 1. The number of amidine groups is 1. The molecule has 1 heterocycles. The first kappa shape index (κ1) is 17.5. The van der Waals surface area contributed by atoms with Crippen LogP contribution in [0.25, 0.3) is 0 Å². The highest BCUT2D eigenvalue weighted by Crippen LogP contribution is 2.32. The third-order valence-corrected chi connectivity index (χ3v) is 6.07. The molecule has 25 heavy (non-hydrogen) atoms. The van der Waals surface area contributed by atoms with Gasteiger partial charge in [0.15, 0.2) is 0 Å². The summed E-state index contributed by atoms with van der Waals surface area (Å²) in [6.07, 6.45) is 0. The molecular formula is C19H22N2O3S. The number of sulfonamides is 1. The summed E-state index contributed by atoms with van der Waals surface area (Å²) in [6.45, 7) is 6.90. The summed E-state index contributed by atoms with van der Waals surface area (Å²) in [5.41, 5.74) is 2.71. The molecule has 0 radical (unpaired) electrons. The third kappa shape index (κ3) is 3.26. The zero-order valence-electron chi connectivity index (χ0n) is 14.7. The smallest absolute Gasteiger partial charge is 0.269 e. The maximum Gasteiger partial charge on any atom is 0.269 e. The number of ether oxygens (including phenoxy) is 1. The number of rotatable bonds is 5. The molecule has 6 heteroatoms. The van der Waals surface area contributed by atoms with Crippen molar-refractivity contribution in [2.45, 2.75) is 25.7 Å². The molecule has 0 aliphatic carbocycles. The molecule has 0 atom stereocenters. The molecule has 3 rings (SSSR count). The van der Waals surface area contributed by atoms with Crippen molar-refractivity contribution in [3.63, 3.8) is 0 Å². The molecule has 1 aliphatic heterocycles. The van der Waals surface area contributed by atoms with Crippen LogP contribution >= 0.6 is 0 Å². The van der Waals surface area contributed by atoms with Crippen LogP contribution in [0.1, 0.15) is 23.6 Å². The summed E-state index contributed by atoms with van der Waals surface area (Å²) in [7, 11) is -3.75. The maximum absolute atomic E-state index is 13.3. The van der Waals surface area contributed by atoms with Crippen molar-refractivity contribution >= 4 is 15.9 Å². The Balaban J connectivity index is 2.08. The molecule has 2 aromatic carbocycles. The molecule has 0 fully saturated rings. The maximum atomic E-state index is 13.3. The molecule has 132 valence electrons. The first-order valence-electron chi connectivity index (χ1n) is 8.31. The molecule has 0 amide bonds. The quantitative estimate of drug-likeness (QED) is 0.825. The first-order chi connectivity index (χ1) is 11.9. The standard InChI is InChI=1S/C19H22N2O3S/c1-4-24-17-12-14(2)15(3)13-18(17)25(22,23)21-11-10-20-19(21)16-8-6-5-7-9-16/h5-9,12-13H,4,10-11H2,1-3H3. The van der Waals surface area contributed by atoms with Gasteiger partial charge in [0.2, 0.25) is 0 Å². The highest BCUT2D eigenvalue weighted by molar-refractivity contribution is 7.89. The lowest BCUT2D eigenvalue weighted by atomic mass is 10.1. The molecule has 1 aliphatic rings. The molecule has 0 bridgehead atoms. The molecule has 5 nitrogen and oxygen atoms in total. The van der Waals surface area contributed by atoms with Crippen LogP contribution in [0, 0.1) is 13.8 Å². The summed E-state index contributed by atoms with van der Waals surface area (Å²) >= 11 is 0. The van der Waals surface area contributed by atoms with Gasteiger partial charge in [0.05, 0.1) is 19.7 Å². The zero-order chi connectivity index (χ0) is 18.0. The van der Waals surface area contributed by atoms with Crippen molar-refractivity contribution in [3.8, 4) is 5.75 Å². The van der Waals surface area contributed by atoms with Crippen LogP contribution in [0.3, 0.4) is 0 Å². The van der Waals surface area contributed by atoms with Gasteiger partial charge in [0.1, 0.15) is 16.5 Å². The molecule has 0 spiro atoms. The number of benzene rings is 2. The van der Waals surface area contributed by atoms with Gasteiger partial charge in [-0.2, -0.15) is 0 Å². The second-order valence-corrected chi connectivity index (χ2v) is 7.80. The van der Waals surface area contributed by atoms with E-state index in [0.29, 0.717) is 31.3 Å². The summed E-state index contributed by atoms with van der Waals surface area (Å²) in [4.78, 5) is 4.61. The average Bonchev–Trinajstić information content (AvgIpc) is 3.09. The van der Waals surface area contributed by atoms with Crippen molar-refractivity contribution in [2.24, 2.45) is 4.99 Å². The highest BCUT2D eigenvalue weighted by Gasteiger charge is 2.33. The van der Waals surface area contributed by atoms with Crippen molar-refractivity contribution in [2.75, 3.05) is 19.7 Å². The van der Waals surface area contributed by atoms with Gasteiger partial charge in [0, 0.05) is 5.56 Å². The van der Waals surface area contributed by atoms with E-state index in [-0.39, 0.29) is 4.90 Å². The van der Waals surface area contributed by atoms with Crippen LogP contribution < -0.4 is 4.74 Å². The average molecular weight is 358 g/mol. The normalized spacial score (nSPS) is 14.5. The van der Waals surface area contributed by atoms with Gasteiger partial charge in [-0.25, -0.2) is 12.7 Å². The topological polar surface area (TPSA) is 59.0 Å². The Morgan fingerprint density at radius 3 is 2.48 bits per heavy atom. The van der Waals surface area contributed by atoms with Gasteiger partial charge in [0.25, 0.3) is 10.0 Å². The van der Waals surface area contributed by atoms with Crippen LogP contribution in [-0.4, -0.2) is 38.3 Å². The van der Waals surface area contributed by atoms with Crippen LogP contribution in [0.2, 0.25) is 0 Å². The van der Waals surface area contributed by atoms with Crippen molar-refractivity contribution in [1.82, 2.24) is 4.31 Å². The monoisotopic (exact) mass is 358 g/mol. The van der Waals surface area contributed by atoms with Gasteiger partial charge in [-0.15, -0.1) is 0 Å². The largest absolute Gasteiger partial charge is 0.492 e. The molecule has 0 N–H and O–H groups in total. The summed E-state index contributed by atoms with van der Waals surface area (Å²) in [5, 5.41) is 0. The lowest BCUT2D eigenvalue weighted by molar-refractivity contribution is 0.330. The molecule has 0 saturated heterocycles. The van der Waals surface area contributed by atoms with E-state index in [2.05, 4.69) is 4.99 Å². The Morgan fingerprint density at radius 1 is 1.12 bits per heavy atom. The fourth-order valence-corrected chi connectivity index (χ4v) is 4.49. The zero-order valence-corrected chi connectivity index (χ0v) is 15.5. The number of aryl methyl sites for hydroxylation is 2. The van der Waals surface area contributed by atoms with E-state index in [1.165, 1.54) is 4.31 Å². The minimum absolute atomic E-state index is 0.197. The van der Waals surface area contributed by atoms with Gasteiger partial charge in [-0.05, 0) is 44.0 Å². The van der Waals surface area contributed by atoms with Crippen LogP contribution in [0.15, 0.2) is 52.4 Å². The fraction of sp³-hybridized carbons (Fsp3) is 0.316. The van der Waals surface area contributed by atoms with Crippen LogP contribution in [0.5, 0.6) is 5.75 Å². The van der Waals surface area contributed by atoms with E-state index >= 15 is 0 Å². The Kier molecular flexibility index (Phi) is 4.81.